The molecule has 0 bridgehead atoms. The molecule has 5 aromatic rings. The van der Waals surface area contributed by atoms with Gasteiger partial charge in [-0.3, -0.25) is 4.98 Å². The van der Waals surface area contributed by atoms with E-state index in [1.807, 2.05) is 18.2 Å². The lowest BCUT2D eigenvalue weighted by atomic mass is 9.96. The van der Waals surface area contributed by atoms with Crippen molar-refractivity contribution in [2.24, 2.45) is 0 Å². The number of pyridine rings is 1. The van der Waals surface area contributed by atoms with Gasteiger partial charge in [-0.25, -0.2) is 0 Å². The number of benzene rings is 3. The SMILES string of the molecule is CC(CCc1nn[nH]n1)c1cccc(OCc2cccc(SCc3ccc4ccccc4n3)c2)c1. The molecule has 1 N–H and O–H groups in total. The van der Waals surface area contributed by atoms with Crippen LogP contribution in [0.15, 0.2) is 89.8 Å². The standard InChI is InChI=1S/C28H27N5OS/c1-20(12-15-28-30-32-33-31-28)23-8-5-9-25(17-23)34-18-21-6-4-10-26(16-21)35-19-24-14-13-22-7-2-3-11-27(22)29-24/h2-11,13-14,16-17,20H,12,15,18-19H2,1H3,(H,30,31,32,33). The molecule has 0 radical (unpaired) electrons. The number of rotatable bonds is 10. The van der Waals surface area contributed by atoms with Crippen LogP contribution >= 0.6 is 11.8 Å². The van der Waals surface area contributed by atoms with Crippen LogP contribution in [0.1, 0.15) is 41.9 Å². The summed E-state index contributed by atoms with van der Waals surface area (Å²) in [6.45, 7) is 2.74. The summed E-state index contributed by atoms with van der Waals surface area (Å²) in [5, 5.41) is 15.4. The maximum atomic E-state index is 6.14. The number of tetrazole rings is 1. The van der Waals surface area contributed by atoms with Crippen molar-refractivity contribution in [1.82, 2.24) is 25.6 Å². The molecule has 6 nitrogen and oxygen atoms in total. The number of aromatic amines is 1. The minimum absolute atomic E-state index is 0.375. The number of hydrogen-bond acceptors (Lipinski definition) is 6. The van der Waals surface area contributed by atoms with E-state index in [2.05, 4.69) is 94.3 Å². The van der Waals surface area contributed by atoms with E-state index in [4.69, 9.17) is 9.72 Å². The molecule has 2 heterocycles. The summed E-state index contributed by atoms with van der Waals surface area (Å²) >= 11 is 1.79. The van der Waals surface area contributed by atoms with Gasteiger partial charge in [-0.15, -0.1) is 22.0 Å². The summed E-state index contributed by atoms with van der Waals surface area (Å²) in [5.41, 5.74) is 4.52. The van der Waals surface area contributed by atoms with Crippen LogP contribution in [0.2, 0.25) is 0 Å². The molecular formula is C28H27N5OS. The molecule has 0 spiro atoms. The van der Waals surface area contributed by atoms with E-state index < -0.39 is 0 Å². The molecule has 0 saturated heterocycles. The Kier molecular flexibility index (Phi) is 7.34. The summed E-state index contributed by atoms with van der Waals surface area (Å²) in [7, 11) is 0. The monoisotopic (exact) mass is 481 g/mol. The zero-order valence-corrected chi connectivity index (χ0v) is 20.4. The van der Waals surface area contributed by atoms with Gasteiger partial charge in [-0.1, -0.05) is 60.7 Å². The Morgan fingerprint density at radius 1 is 0.943 bits per heavy atom. The lowest BCUT2D eigenvalue weighted by Gasteiger charge is -2.13. The Labute approximate surface area is 209 Å². The van der Waals surface area contributed by atoms with Gasteiger partial charge in [-0.2, -0.15) is 5.21 Å². The Bertz CT molecular complexity index is 1390. The molecule has 0 aliphatic rings. The Balaban J connectivity index is 1.16. The fraction of sp³-hybridized carbons (Fsp3) is 0.214. The molecule has 3 aromatic carbocycles. The lowest BCUT2D eigenvalue weighted by molar-refractivity contribution is 0.305. The summed E-state index contributed by atoms with van der Waals surface area (Å²) in [6.07, 6.45) is 1.75. The van der Waals surface area contributed by atoms with Crippen molar-refractivity contribution in [2.45, 2.75) is 42.9 Å². The minimum Gasteiger partial charge on any atom is -0.489 e. The molecular weight excluding hydrogens is 454 g/mol. The summed E-state index contributed by atoms with van der Waals surface area (Å²) in [6, 6.07) is 29.4. The maximum Gasteiger partial charge on any atom is 0.174 e. The van der Waals surface area contributed by atoms with Crippen molar-refractivity contribution < 1.29 is 4.74 Å². The van der Waals surface area contributed by atoms with Crippen molar-refractivity contribution in [3.63, 3.8) is 0 Å². The molecule has 1 unspecified atom stereocenters. The average Bonchev–Trinajstić information content (AvgIpc) is 3.43. The first-order valence-corrected chi connectivity index (χ1v) is 12.7. The Morgan fingerprint density at radius 2 is 1.86 bits per heavy atom. The molecule has 0 amide bonds. The van der Waals surface area contributed by atoms with Gasteiger partial charge in [0.15, 0.2) is 5.82 Å². The van der Waals surface area contributed by atoms with Crippen LogP contribution in [-0.4, -0.2) is 25.6 Å². The van der Waals surface area contributed by atoms with Crippen LogP contribution < -0.4 is 4.74 Å². The van der Waals surface area contributed by atoms with Gasteiger partial charge < -0.3 is 4.74 Å². The molecule has 7 heteroatoms. The second-order valence-corrected chi connectivity index (χ2v) is 9.61. The number of thioether (sulfide) groups is 1. The molecule has 1 atom stereocenters. The first-order chi connectivity index (χ1) is 17.2. The number of hydrogen-bond donors (Lipinski definition) is 1. The highest BCUT2D eigenvalue weighted by Gasteiger charge is 2.09. The van der Waals surface area contributed by atoms with Crippen molar-refractivity contribution in [3.8, 4) is 5.75 Å². The minimum atomic E-state index is 0.375. The van der Waals surface area contributed by atoms with E-state index in [9.17, 15) is 0 Å². The zero-order chi connectivity index (χ0) is 23.9. The normalized spacial score (nSPS) is 12.0. The van der Waals surface area contributed by atoms with Crippen LogP contribution in [0.4, 0.5) is 0 Å². The maximum absolute atomic E-state index is 6.14. The van der Waals surface area contributed by atoms with Crippen molar-refractivity contribution in [3.05, 3.63) is 108 Å². The molecule has 5 rings (SSSR count). The fourth-order valence-corrected chi connectivity index (χ4v) is 4.83. The van der Waals surface area contributed by atoms with E-state index >= 15 is 0 Å². The van der Waals surface area contributed by atoms with Gasteiger partial charge in [0.1, 0.15) is 12.4 Å². The third kappa shape index (κ3) is 6.25. The highest BCUT2D eigenvalue weighted by atomic mass is 32.2. The van der Waals surface area contributed by atoms with Crippen LogP contribution in [0.3, 0.4) is 0 Å². The number of aromatic nitrogens is 5. The second-order valence-electron chi connectivity index (χ2n) is 8.56. The van der Waals surface area contributed by atoms with Gasteiger partial charge in [0, 0.05) is 22.5 Å². The molecule has 176 valence electrons. The fourth-order valence-electron chi connectivity index (χ4n) is 3.95. The van der Waals surface area contributed by atoms with Crippen molar-refractivity contribution >= 4 is 22.7 Å². The molecule has 35 heavy (non-hydrogen) atoms. The van der Waals surface area contributed by atoms with Gasteiger partial charge in [-0.05, 0) is 59.9 Å². The molecule has 2 aromatic heterocycles. The van der Waals surface area contributed by atoms with Crippen LogP contribution in [-0.2, 0) is 18.8 Å². The highest BCUT2D eigenvalue weighted by Crippen LogP contribution is 2.27. The quantitative estimate of drug-likeness (QED) is 0.234. The first-order valence-electron chi connectivity index (χ1n) is 11.7. The molecule has 0 fully saturated rings. The topological polar surface area (TPSA) is 76.6 Å². The Morgan fingerprint density at radius 3 is 2.77 bits per heavy atom. The van der Waals surface area contributed by atoms with E-state index in [0.29, 0.717) is 12.5 Å². The number of fused-ring (bicyclic) bond motifs is 1. The van der Waals surface area contributed by atoms with Crippen molar-refractivity contribution in [1.29, 1.82) is 0 Å². The molecule has 0 saturated carbocycles. The average molecular weight is 482 g/mol. The summed E-state index contributed by atoms with van der Waals surface area (Å²) in [4.78, 5) is 5.99. The number of ether oxygens (including phenoxy) is 1. The zero-order valence-electron chi connectivity index (χ0n) is 19.6. The van der Waals surface area contributed by atoms with E-state index in [1.165, 1.54) is 15.8 Å². The van der Waals surface area contributed by atoms with E-state index in [1.54, 1.807) is 11.8 Å². The molecule has 0 aliphatic heterocycles. The largest absolute Gasteiger partial charge is 0.489 e. The summed E-state index contributed by atoms with van der Waals surface area (Å²) in [5.74, 6) is 2.84. The van der Waals surface area contributed by atoms with Crippen LogP contribution in [0, 0.1) is 0 Å². The van der Waals surface area contributed by atoms with Crippen LogP contribution in [0.5, 0.6) is 5.75 Å². The molecule has 0 aliphatic carbocycles. The summed E-state index contributed by atoms with van der Waals surface area (Å²) < 4.78 is 6.14. The predicted octanol–water partition coefficient (Wildman–Crippen LogP) is 6.36. The third-order valence-corrected chi connectivity index (χ3v) is 6.99. The van der Waals surface area contributed by atoms with Gasteiger partial charge in [0.2, 0.25) is 0 Å². The Hall–Kier alpha value is -3.71. The van der Waals surface area contributed by atoms with Crippen molar-refractivity contribution in [2.75, 3.05) is 0 Å². The van der Waals surface area contributed by atoms with E-state index in [0.717, 1.165) is 46.9 Å². The number of H-pyrrole nitrogens is 1. The van der Waals surface area contributed by atoms with E-state index in [-0.39, 0.29) is 0 Å². The van der Waals surface area contributed by atoms with Gasteiger partial charge in [0.25, 0.3) is 0 Å². The predicted molar refractivity (Wildman–Crippen MR) is 139 cm³/mol. The first kappa shape index (κ1) is 23.1. The van der Waals surface area contributed by atoms with Gasteiger partial charge >= 0.3 is 0 Å². The van der Waals surface area contributed by atoms with Crippen LogP contribution in [0.25, 0.3) is 10.9 Å². The number of nitrogens with zero attached hydrogens (tertiary/aromatic N) is 4. The number of para-hydroxylation sites is 1. The smallest absolute Gasteiger partial charge is 0.174 e. The third-order valence-electron chi connectivity index (χ3n) is 5.96. The number of aryl methyl sites for hydroxylation is 1. The highest BCUT2D eigenvalue weighted by molar-refractivity contribution is 7.98. The second kappa shape index (κ2) is 11.1. The number of nitrogens with one attached hydrogen (secondary N) is 1. The van der Waals surface area contributed by atoms with Gasteiger partial charge in [0.05, 0.1) is 11.2 Å². The lowest BCUT2D eigenvalue weighted by Crippen LogP contribution is -2.00.